The van der Waals surface area contributed by atoms with Crippen molar-refractivity contribution in [1.29, 1.82) is 0 Å². The largest absolute Gasteiger partial charge is 0.497 e. The number of ether oxygens (including phenoxy) is 4. The summed E-state index contributed by atoms with van der Waals surface area (Å²) in [6, 6.07) is 7.07. The van der Waals surface area contributed by atoms with E-state index >= 15 is 0 Å². The van der Waals surface area contributed by atoms with Crippen LogP contribution in [0.15, 0.2) is 24.3 Å². The lowest BCUT2D eigenvalue weighted by molar-refractivity contribution is -0.142. The van der Waals surface area contributed by atoms with Gasteiger partial charge in [0.05, 0.1) is 46.6 Å². The monoisotopic (exact) mass is 478 g/mol. The lowest BCUT2D eigenvalue weighted by Crippen LogP contribution is -2.37. The molecule has 9 nitrogen and oxygen atoms in total. The van der Waals surface area contributed by atoms with Crippen LogP contribution in [0.25, 0.3) is 0 Å². The molecule has 1 aromatic heterocycles. The van der Waals surface area contributed by atoms with Crippen LogP contribution in [0.2, 0.25) is 0 Å². The molecule has 1 N–H and O–H groups in total. The van der Waals surface area contributed by atoms with E-state index < -0.39 is 11.9 Å². The number of nitrogens with zero attached hydrogens (tertiary/aromatic N) is 1. The van der Waals surface area contributed by atoms with Gasteiger partial charge in [0.25, 0.3) is 0 Å². The van der Waals surface area contributed by atoms with Gasteiger partial charge in [0, 0.05) is 17.5 Å². The minimum absolute atomic E-state index is 0.0984. The maximum absolute atomic E-state index is 12.9. The second kappa shape index (κ2) is 12.8. The van der Waals surface area contributed by atoms with Crippen LogP contribution in [-0.2, 0) is 32.0 Å². The molecule has 1 amide bonds. The third-order valence-electron chi connectivity index (χ3n) is 4.64. The molecule has 0 fully saturated rings. The van der Waals surface area contributed by atoms with Crippen molar-refractivity contribution < 1.29 is 33.3 Å². The highest BCUT2D eigenvalue weighted by molar-refractivity contribution is 7.16. The summed E-state index contributed by atoms with van der Waals surface area (Å²) < 4.78 is 20.5. The summed E-state index contributed by atoms with van der Waals surface area (Å²) in [4.78, 5) is 39.7. The minimum atomic E-state index is -0.487. The number of rotatable bonds is 12. The number of hydrogen-bond donors (Lipinski definition) is 1. The summed E-state index contributed by atoms with van der Waals surface area (Å²) in [5.74, 6) is -0.148. The number of benzene rings is 1. The average molecular weight is 479 g/mol. The molecule has 0 aliphatic rings. The van der Waals surface area contributed by atoms with Crippen molar-refractivity contribution in [3.63, 3.8) is 0 Å². The Kier molecular flexibility index (Phi) is 10.1. The van der Waals surface area contributed by atoms with Gasteiger partial charge >= 0.3 is 11.9 Å². The second-order valence-electron chi connectivity index (χ2n) is 7.02. The van der Waals surface area contributed by atoms with E-state index in [1.54, 1.807) is 50.3 Å². The van der Waals surface area contributed by atoms with Crippen LogP contribution in [0.3, 0.4) is 0 Å². The van der Waals surface area contributed by atoms with E-state index in [1.165, 1.54) is 18.4 Å². The summed E-state index contributed by atoms with van der Waals surface area (Å²) in [6.07, 6.45) is 0.721. The molecule has 0 atom stereocenters. The van der Waals surface area contributed by atoms with Crippen LogP contribution in [0.1, 0.15) is 34.6 Å². The number of carbonyl (C=O) groups excluding carboxylic acids is 3. The Balaban J connectivity index is 2.20. The average Bonchev–Trinajstić information content (AvgIpc) is 3.21. The maximum Gasteiger partial charge on any atom is 0.341 e. The summed E-state index contributed by atoms with van der Waals surface area (Å²) >= 11 is 1.33. The molecule has 0 saturated carbocycles. The van der Waals surface area contributed by atoms with Crippen molar-refractivity contribution in [2.75, 3.05) is 46.3 Å². The molecule has 1 aromatic carbocycles. The van der Waals surface area contributed by atoms with Crippen molar-refractivity contribution in [3.8, 4) is 11.5 Å². The second-order valence-corrected chi connectivity index (χ2v) is 8.16. The van der Waals surface area contributed by atoms with Gasteiger partial charge in [-0.1, -0.05) is 6.92 Å². The first kappa shape index (κ1) is 26.1. The molecular formula is C23H30N2O7S. The summed E-state index contributed by atoms with van der Waals surface area (Å²) in [7, 11) is 4.38. The first-order chi connectivity index (χ1) is 15.8. The van der Waals surface area contributed by atoms with Crippen molar-refractivity contribution in [2.45, 2.75) is 26.8 Å². The van der Waals surface area contributed by atoms with Gasteiger partial charge < -0.3 is 24.3 Å². The first-order valence-corrected chi connectivity index (χ1v) is 11.3. The van der Waals surface area contributed by atoms with Crippen molar-refractivity contribution in [2.24, 2.45) is 0 Å². The molecule has 0 radical (unpaired) electrons. The standard InChI is InChI=1S/C23H30N2O7S/c1-6-18-11-19(23(28)32-7-2)22(33-18)24-20(26)13-25(14-21(27)31-5)12-15-8-16(29-3)10-17(9-15)30-4/h8-11H,6-7,12-14H2,1-5H3,(H,24,26). The maximum atomic E-state index is 12.9. The topological polar surface area (TPSA) is 103 Å². The van der Waals surface area contributed by atoms with E-state index in [0.717, 1.165) is 16.9 Å². The third-order valence-corrected chi connectivity index (χ3v) is 5.84. The molecular weight excluding hydrogens is 448 g/mol. The lowest BCUT2D eigenvalue weighted by atomic mass is 10.2. The molecule has 0 aliphatic heterocycles. The molecule has 0 saturated heterocycles. The predicted octanol–water partition coefficient (Wildman–Crippen LogP) is 3.12. The van der Waals surface area contributed by atoms with Gasteiger partial charge in [-0.2, -0.15) is 0 Å². The molecule has 0 unspecified atom stereocenters. The molecule has 0 bridgehead atoms. The highest BCUT2D eigenvalue weighted by Crippen LogP contribution is 2.29. The van der Waals surface area contributed by atoms with Gasteiger partial charge in [-0.15, -0.1) is 11.3 Å². The minimum Gasteiger partial charge on any atom is -0.497 e. The Labute approximate surface area is 197 Å². The van der Waals surface area contributed by atoms with E-state index in [0.29, 0.717) is 22.1 Å². The van der Waals surface area contributed by atoms with Gasteiger partial charge in [-0.25, -0.2) is 4.79 Å². The third kappa shape index (κ3) is 7.76. The summed E-state index contributed by atoms with van der Waals surface area (Å²) in [5, 5.41) is 3.22. The van der Waals surface area contributed by atoms with Crippen LogP contribution in [0, 0.1) is 0 Å². The number of hydrogen-bond acceptors (Lipinski definition) is 9. The fraction of sp³-hybridized carbons (Fsp3) is 0.435. The van der Waals surface area contributed by atoms with E-state index in [-0.39, 0.29) is 32.1 Å². The van der Waals surface area contributed by atoms with Crippen LogP contribution in [-0.4, -0.2) is 63.8 Å². The molecule has 2 aromatic rings. The number of nitrogens with one attached hydrogen (secondary N) is 1. The number of thiophene rings is 1. The zero-order chi connectivity index (χ0) is 24.4. The molecule has 0 aliphatic carbocycles. The number of esters is 2. The number of amides is 1. The normalized spacial score (nSPS) is 10.6. The van der Waals surface area contributed by atoms with Crippen molar-refractivity contribution >= 4 is 34.2 Å². The smallest absolute Gasteiger partial charge is 0.341 e. The highest BCUT2D eigenvalue weighted by Gasteiger charge is 2.21. The zero-order valence-electron chi connectivity index (χ0n) is 19.6. The number of aryl methyl sites for hydroxylation is 1. The van der Waals surface area contributed by atoms with E-state index in [4.69, 9.17) is 18.9 Å². The molecule has 2 rings (SSSR count). The van der Waals surface area contributed by atoms with Crippen molar-refractivity contribution in [3.05, 3.63) is 40.3 Å². The summed E-state index contributed by atoms with van der Waals surface area (Å²) in [6.45, 7) is 4.00. The quantitative estimate of drug-likeness (QED) is 0.464. The Hall–Kier alpha value is -3.11. The highest BCUT2D eigenvalue weighted by atomic mass is 32.1. The Morgan fingerprint density at radius 3 is 2.18 bits per heavy atom. The lowest BCUT2D eigenvalue weighted by Gasteiger charge is -2.21. The fourth-order valence-electron chi connectivity index (χ4n) is 3.07. The summed E-state index contributed by atoms with van der Waals surface area (Å²) in [5.41, 5.74) is 1.11. The number of anilines is 1. The number of carbonyl (C=O) groups is 3. The van der Waals surface area contributed by atoms with Crippen LogP contribution >= 0.6 is 11.3 Å². The van der Waals surface area contributed by atoms with Gasteiger partial charge in [-0.05, 0) is 37.1 Å². The van der Waals surface area contributed by atoms with Gasteiger partial charge in [-0.3, -0.25) is 14.5 Å². The van der Waals surface area contributed by atoms with Crippen LogP contribution in [0.5, 0.6) is 11.5 Å². The number of methoxy groups -OCH3 is 3. The van der Waals surface area contributed by atoms with Gasteiger partial charge in [0.1, 0.15) is 16.5 Å². The van der Waals surface area contributed by atoms with Crippen LogP contribution in [0.4, 0.5) is 5.00 Å². The molecule has 10 heteroatoms. The van der Waals surface area contributed by atoms with Crippen molar-refractivity contribution in [1.82, 2.24) is 4.90 Å². The molecule has 0 spiro atoms. The predicted molar refractivity (Wildman–Crippen MR) is 125 cm³/mol. The van der Waals surface area contributed by atoms with E-state index in [1.807, 2.05) is 6.92 Å². The Bertz CT molecular complexity index is 951. The molecule has 1 heterocycles. The first-order valence-electron chi connectivity index (χ1n) is 10.4. The molecule has 180 valence electrons. The van der Waals surface area contributed by atoms with E-state index in [9.17, 15) is 14.4 Å². The van der Waals surface area contributed by atoms with E-state index in [2.05, 4.69) is 5.32 Å². The Morgan fingerprint density at radius 2 is 1.64 bits per heavy atom. The fourth-order valence-corrected chi connectivity index (χ4v) is 4.07. The van der Waals surface area contributed by atoms with Gasteiger partial charge in [0.15, 0.2) is 0 Å². The zero-order valence-corrected chi connectivity index (χ0v) is 20.4. The Morgan fingerprint density at radius 1 is 0.970 bits per heavy atom. The molecule has 33 heavy (non-hydrogen) atoms. The van der Waals surface area contributed by atoms with Gasteiger partial charge in [0.2, 0.25) is 5.91 Å². The SMILES string of the molecule is CCOC(=O)c1cc(CC)sc1NC(=O)CN(CC(=O)OC)Cc1cc(OC)cc(OC)c1. The van der Waals surface area contributed by atoms with Crippen LogP contribution < -0.4 is 14.8 Å².